The van der Waals surface area contributed by atoms with Gasteiger partial charge in [0.25, 0.3) is 5.56 Å². The molecule has 8 nitrogen and oxygen atoms in total. The number of carboxylic acid groups (broad SMARTS) is 1. The molecule has 0 saturated heterocycles. The predicted molar refractivity (Wildman–Crippen MR) is 106 cm³/mol. The number of nitriles is 1. The maximum atomic E-state index is 12.8. The number of aliphatic carboxylic acids is 1. The van der Waals surface area contributed by atoms with Gasteiger partial charge in [-0.05, 0) is 25.1 Å². The smallest absolute Gasteiger partial charge is 0.327 e. The van der Waals surface area contributed by atoms with Crippen LogP contribution in [-0.4, -0.2) is 32.1 Å². The molecule has 2 heterocycles. The molecule has 0 spiro atoms. The van der Waals surface area contributed by atoms with Gasteiger partial charge in [0.1, 0.15) is 11.8 Å². The zero-order valence-electron chi connectivity index (χ0n) is 15.7. The number of hydrogen-bond acceptors (Lipinski definition) is 5. The summed E-state index contributed by atoms with van der Waals surface area (Å²) in [5.41, 5.74) is 2.14. The first kappa shape index (κ1) is 20.2. The highest BCUT2D eigenvalue weighted by atomic mass is 35.5. The van der Waals surface area contributed by atoms with Gasteiger partial charge in [-0.2, -0.15) is 14.6 Å². The molecule has 1 atom stereocenters. The molecule has 29 heavy (non-hydrogen) atoms. The molecule has 9 heteroatoms. The summed E-state index contributed by atoms with van der Waals surface area (Å²) in [5, 5.41) is 23.1. The van der Waals surface area contributed by atoms with Crippen LogP contribution in [0, 0.1) is 18.3 Å². The summed E-state index contributed by atoms with van der Waals surface area (Å²) in [7, 11) is 1.42. The van der Waals surface area contributed by atoms with Crippen molar-refractivity contribution in [2.24, 2.45) is 0 Å². The Morgan fingerprint density at radius 3 is 2.69 bits per heavy atom. The predicted octanol–water partition coefficient (Wildman–Crippen LogP) is 2.77. The molecule has 1 aromatic carbocycles. The lowest BCUT2D eigenvalue weighted by atomic mass is 9.98. The fourth-order valence-corrected chi connectivity index (χ4v) is 3.23. The van der Waals surface area contributed by atoms with Crippen LogP contribution < -0.4 is 10.3 Å². The van der Waals surface area contributed by atoms with Crippen molar-refractivity contribution in [3.63, 3.8) is 0 Å². The summed E-state index contributed by atoms with van der Waals surface area (Å²) in [6, 6.07) is 9.00. The van der Waals surface area contributed by atoms with Crippen molar-refractivity contribution < 1.29 is 14.6 Å². The third kappa shape index (κ3) is 4.15. The number of nitrogens with zero attached hydrogens (tertiary/aromatic N) is 4. The highest BCUT2D eigenvalue weighted by Gasteiger charge is 2.24. The van der Waals surface area contributed by atoms with Crippen molar-refractivity contribution in [2.45, 2.75) is 19.4 Å². The molecule has 0 aliphatic carbocycles. The maximum Gasteiger partial charge on any atom is 0.327 e. The molecule has 0 amide bonds. The van der Waals surface area contributed by atoms with E-state index in [9.17, 15) is 20.0 Å². The van der Waals surface area contributed by atoms with Gasteiger partial charge in [-0.3, -0.25) is 9.36 Å². The van der Waals surface area contributed by atoms with Gasteiger partial charge in [0.15, 0.2) is 0 Å². The van der Waals surface area contributed by atoms with Crippen LogP contribution >= 0.6 is 11.8 Å². The fraction of sp³-hybridized carbons (Fsp3) is 0.200. The number of ether oxygens (including phenoxy) is 1. The first-order valence-electron chi connectivity index (χ1n) is 8.59. The number of aromatic nitrogens is 3. The van der Waals surface area contributed by atoms with Crippen LogP contribution in [0.5, 0.6) is 5.75 Å². The second-order valence-electron chi connectivity index (χ2n) is 6.42. The molecule has 0 saturated carbocycles. The largest absolute Gasteiger partial charge is 0.495 e. The van der Waals surface area contributed by atoms with E-state index >= 15 is 0 Å². The summed E-state index contributed by atoms with van der Waals surface area (Å²) in [6.45, 7) is 1.87. The average Bonchev–Trinajstić information content (AvgIpc) is 3.11. The summed E-state index contributed by atoms with van der Waals surface area (Å²) >= 11 is 5.72. The second-order valence-corrected chi connectivity index (χ2v) is 6.76. The van der Waals surface area contributed by atoms with E-state index < -0.39 is 17.6 Å². The number of benzene rings is 1. The molecule has 0 aliphatic rings. The first-order chi connectivity index (χ1) is 13.8. The van der Waals surface area contributed by atoms with Crippen LogP contribution in [0.1, 0.15) is 22.9 Å². The van der Waals surface area contributed by atoms with Gasteiger partial charge in [-0.15, -0.1) is 0 Å². The monoisotopic (exact) mass is 412 g/mol. The molecule has 2 aromatic heterocycles. The molecule has 3 aromatic rings. The lowest BCUT2D eigenvalue weighted by molar-refractivity contribution is -0.141. The zero-order chi connectivity index (χ0) is 21.1. The Morgan fingerprint density at radius 1 is 1.34 bits per heavy atom. The summed E-state index contributed by atoms with van der Waals surface area (Å²) < 4.78 is 7.54. The van der Waals surface area contributed by atoms with Crippen LogP contribution in [-0.2, 0) is 11.2 Å². The third-order valence-corrected chi connectivity index (χ3v) is 4.68. The van der Waals surface area contributed by atoms with E-state index in [1.165, 1.54) is 25.6 Å². The number of carbonyl (C=O) groups is 1. The van der Waals surface area contributed by atoms with Crippen molar-refractivity contribution in [3.05, 3.63) is 69.9 Å². The molecule has 0 aliphatic heterocycles. The average molecular weight is 413 g/mol. The first-order valence-corrected chi connectivity index (χ1v) is 8.92. The van der Waals surface area contributed by atoms with E-state index in [1.807, 2.05) is 6.92 Å². The van der Waals surface area contributed by atoms with Crippen molar-refractivity contribution in [1.82, 2.24) is 13.9 Å². The van der Waals surface area contributed by atoms with Gasteiger partial charge in [0, 0.05) is 41.6 Å². The van der Waals surface area contributed by atoms with Gasteiger partial charge in [-0.25, -0.2) is 4.79 Å². The Morgan fingerprint density at radius 2 is 2.10 bits per heavy atom. The number of methoxy groups -OCH3 is 1. The number of hydrogen-bond donors (Lipinski definition) is 1. The third-order valence-electron chi connectivity index (χ3n) is 4.49. The highest BCUT2D eigenvalue weighted by molar-refractivity contribution is 6.14. The Labute approximate surface area is 171 Å². The lowest BCUT2D eigenvalue weighted by Gasteiger charge is -2.18. The van der Waals surface area contributed by atoms with Crippen LogP contribution in [0.25, 0.3) is 11.1 Å². The van der Waals surface area contributed by atoms with Gasteiger partial charge in [0.05, 0.1) is 30.6 Å². The van der Waals surface area contributed by atoms with Gasteiger partial charge in [0.2, 0.25) is 0 Å². The van der Waals surface area contributed by atoms with Crippen molar-refractivity contribution in [3.8, 4) is 22.9 Å². The molecule has 148 valence electrons. The molecule has 0 bridgehead atoms. The van der Waals surface area contributed by atoms with E-state index in [2.05, 4.69) is 11.2 Å². The van der Waals surface area contributed by atoms with E-state index in [0.29, 0.717) is 22.4 Å². The maximum absolute atomic E-state index is 12.8. The second kappa shape index (κ2) is 8.20. The summed E-state index contributed by atoms with van der Waals surface area (Å²) in [4.78, 5) is 24.7. The fourth-order valence-electron chi connectivity index (χ4n) is 3.07. The molecular weight excluding hydrogens is 396 g/mol. The van der Waals surface area contributed by atoms with Crippen LogP contribution in [0.15, 0.2) is 47.5 Å². The Hall–Kier alpha value is -3.57. The van der Waals surface area contributed by atoms with Gasteiger partial charge < -0.3 is 9.84 Å². The topological polar surface area (TPSA) is 110 Å². The Balaban J connectivity index is 2.13. The summed E-state index contributed by atoms with van der Waals surface area (Å²) in [5.74, 6) is -0.917. The minimum atomic E-state index is -1.20. The quantitative estimate of drug-likeness (QED) is 0.666. The molecule has 1 N–H and O–H groups in total. The van der Waals surface area contributed by atoms with Crippen LogP contribution in [0.2, 0.25) is 0 Å². The van der Waals surface area contributed by atoms with E-state index in [0.717, 1.165) is 14.3 Å². The van der Waals surface area contributed by atoms with Crippen molar-refractivity contribution in [1.29, 1.82) is 5.26 Å². The molecule has 1 unspecified atom stereocenters. The van der Waals surface area contributed by atoms with Crippen molar-refractivity contribution in [2.75, 3.05) is 7.11 Å². The number of pyridine rings is 1. The van der Waals surface area contributed by atoms with E-state index in [4.69, 9.17) is 16.5 Å². The Kier molecular flexibility index (Phi) is 5.71. The Bertz CT molecular complexity index is 1180. The lowest BCUT2D eigenvalue weighted by Crippen LogP contribution is -2.31. The minimum absolute atomic E-state index is 0.0364. The van der Waals surface area contributed by atoms with Gasteiger partial charge >= 0.3 is 5.97 Å². The standard InChI is InChI=1S/C20H17ClN4O4/c1-12-3-4-13(10-22)15(7-12)16-9-19(26)24(11-18(16)29-2)17(20(27)28)8-14-5-6-25(21)23-14/h3-7,9,11,17H,8H2,1-2H3,(H,27,28). The SMILES string of the molecule is COc1cn(C(Cc2ccn(Cl)n2)C(=O)O)c(=O)cc1-c1cc(C)ccc1C#N. The van der Waals surface area contributed by atoms with E-state index in [1.54, 1.807) is 24.3 Å². The van der Waals surface area contributed by atoms with Crippen LogP contribution in [0.3, 0.4) is 0 Å². The highest BCUT2D eigenvalue weighted by Crippen LogP contribution is 2.32. The number of rotatable bonds is 6. The van der Waals surface area contributed by atoms with Crippen molar-refractivity contribution >= 4 is 17.7 Å². The normalized spacial score (nSPS) is 11.7. The molecule has 0 fully saturated rings. The molecular formula is C20H17ClN4O4. The number of carboxylic acids is 1. The van der Waals surface area contributed by atoms with Gasteiger partial charge in [-0.1, -0.05) is 11.6 Å². The zero-order valence-corrected chi connectivity index (χ0v) is 16.4. The minimum Gasteiger partial charge on any atom is -0.495 e. The molecule has 0 radical (unpaired) electrons. The molecule has 3 rings (SSSR count). The van der Waals surface area contributed by atoms with Crippen LogP contribution in [0.4, 0.5) is 0 Å². The van der Waals surface area contributed by atoms with E-state index in [-0.39, 0.29) is 12.2 Å². The summed E-state index contributed by atoms with van der Waals surface area (Å²) in [6.07, 6.45) is 2.78. The number of halogens is 1. The number of aryl methyl sites for hydroxylation is 1.